The maximum Gasteiger partial charge on any atom is 0.326 e. The molecule has 1 amide bonds. The molecular formula is C18H17F2NO4. The number of carbonyl (C=O) groups is 2. The first-order valence-electron chi connectivity index (χ1n) is 7.47. The van der Waals surface area contributed by atoms with Gasteiger partial charge in [0.15, 0.2) is 0 Å². The Morgan fingerprint density at radius 1 is 1.12 bits per heavy atom. The minimum Gasteiger partial charge on any atom is -0.497 e. The van der Waals surface area contributed by atoms with Gasteiger partial charge in [0, 0.05) is 12.5 Å². The summed E-state index contributed by atoms with van der Waals surface area (Å²) in [7, 11) is 1.49. The first-order valence-corrected chi connectivity index (χ1v) is 7.47. The Bertz CT molecular complexity index is 759. The fourth-order valence-electron chi connectivity index (χ4n) is 2.38. The molecule has 0 spiro atoms. The Morgan fingerprint density at radius 2 is 1.80 bits per heavy atom. The molecule has 5 nitrogen and oxygen atoms in total. The first-order chi connectivity index (χ1) is 11.9. The molecular weight excluding hydrogens is 332 g/mol. The molecule has 0 bridgehead atoms. The molecule has 2 N–H and O–H groups in total. The Balaban J connectivity index is 2.05. The van der Waals surface area contributed by atoms with Crippen LogP contribution in [0.3, 0.4) is 0 Å². The second-order valence-corrected chi connectivity index (χ2v) is 5.47. The van der Waals surface area contributed by atoms with Crippen LogP contribution < -0.4 is 10.1 Å². The van der Waals surface area contributed by atoms with E-state index in [-0.39, 0.29) is 18.4 Å². The van der Waals surface area contributed by atoms with Crippen LogP contribution in [-0.2, 0) is 22.4 Å². The summed E-state index contributed by atoms with van der Waals surface area (Å²) < 4.78 is 31.4. The van der Waals surface area contributed by atoms with Gasteiger partial charge in [-0.3, -0.25) is 4.79 Å². The minimum atomic E-state index is -1.21. The number of nitrogens with one attached hydrogen (secondary N) is 1. The fourth-order valence-corrected chi connectivity index (χ4v) is 2.38. The second kappa shape index (κ2) is 8.23. The van der Waals surface area contributed by atoms with Gasteiger partial charge in [0.05, 0.1) is 13.5 Å². The number of aliphatic carboxylic acids is 1. The summed E-state index contributed by atoms with van der Waals surface area (Å²) in [5.41, 5.74) is 0.796. The number of rotatable bonds is 7. The molecule has 2 aromatic carbocycles. The Hall–Kier alpha value is -2.96. The van der Waals surface area contributed by atoms with Gasteiger partial charge in [-0.05, 0) is 35.4 Å². The van der Waals surface area contributed by atoms with E-state index in [9.17, 15) is 23.5 Å². The van der Waals surface area contributed by atoms with Gasteiger partial charge in [-0.15, -0.1) is 0 Å². The van der Waals surface area contributed by atoms with Crippen LogP contribution in [0.2, 0.25) is 0 Å². The van der Waals surface area contributed by atoms with Gasteiger partial charge < -0.3 is 15.2 Å². The highest BCUT2D eigenvalue weighted by Gasteiger charge is 2.21. The zero-order valence-corrected chi connectivity index (χ0v) is 13.5. The fraction of sp³-hybridized carbons (Fsp3) is 0.222. The minimum absolute atomic E-state index is 0.0514. The topological polar surface area (TPSA) is 75.6 Å². The van der Waals surface area contributed by atoms with Crippen molar-refractivity contribution in [3.05, 3.63) is 65.2 Å². The highest BCUT2D eigenvalue weighted by Crippen LogP contribution is 2.14. The normalized spacial score (nSPS) is 11.6. The average Bonchev–Trinajstić information content (AvgIpc) is 2.53. The first kappa shape index (κ1) is 18.4. The van der Waals surface area contributed by atoms with E-state index in [1.807, 2.05) is 0 Å². The van der Waals surface area contributed by atoms with Gasteiger partial charge in [-0.25, -0.2) is 13.6 Å². The van der Waals surface area contributed by atoms with Crippen molar-refractivity contribution in [1.29, 1.82) is 0 Å². The summed E-state index contributed by atoms with van der Waals surface area (Å²) >= 11 is 0. The van der Waals surface area contributed by atoms with E-state index in [2.05, 4.69) is 5.32 Å². The van der Waals surface area contributed by atoms with Gasteiger partial charge >= 0.3 is 5.97 Å². The molecule has 0 saturated carbocycles. The van der Waals surface area contributed by atoms with E-state index < -0.39 is 29.6 Å². The quantitative estimate of drug-likeness (QED) is 0.804. The summed E-state index contributed by atoms with van der Waals surface area (Å²) in [5, 5.41) is 11.7. The van der Waals surface area contributed by atoms with Crippen LogP contribution >= 0.6 is 0 Å². The van der Waals surface area contributed by atoms with Crippen LogP contribution in [0.5, 0.6) is 5.75 Å². The van der Waals surface area contributed by atoms with Gasteiger partial charge in [0.2, 0.25) is 5.91 Å². The molecule has 132 valence electrons. The third-order valence-corrected chi connectivity index (χ3v) is 3.49. The van der Waals surface area contributed by atoms with Crippen molar-refractivity contribution >= 4 is 11.9 Å². The number of halogens is 2. The number of benzene rings is 2. The number of hydrogen-bond donors (Lipinski definition) is 2. The molecule has 1 atom stereocenters. The summed E-state index contributed by atoms with van der Waals surface area (Å²) in [5.74, 6) is -2.87. The molecule has 2 rings (SSSR count). The zero-order chi connectivity index (χ0) is 18.4. The summed E-state index contributed by atoms with van der Waals surface area (Å²) in [6, 6.07) is 8.40. The van der Waals surface area contributed by atoms with Crippen LogP contribution in [0.1, 0.15) is 11.1 Å². The Morgan fingerprint density at radius 3 is 2.40 bits per heavy atom. The number of methoxy groups -OCH3 is 1. The second-order valence-electron chi connectivity index (χ2n) is 5.47. The summed E-state index contributed by atoms with van der Waals surface area (Å²) in [6.45, 7) is 0. The van der Waals surface area contributed by atoms with E-state index in [1.165, 1.54) is 7.11 Å². The SMILES string of the molecule is COc1cccc(C[C@@H](NC(=O)Cc2cc(F)cc(F)c2)C(=O)O)c1. The largest absolute Gasteiger partial charge is 0.497 e. The maximum absolute atomic E-state index is 13.2. The van der Waals surface area contributed by atoms with E-state index in [0.29, 0.717) is 17.4 Å². The molecule has 25 heavy (non-hydrogen) atoms. The number of carboxylic acids is 1. The molecule has 7 heteroatoms. The predicted molar refractivity (Wildman–Crippen MR) is 86.3 cm³/mol. The summed E-state index contributed by atoms with van der Waals surface area (Å²) in [6.07, 6.45) is -0.271. The molecule has 0 heterocycles. The molecule has 0 saturated heterocycles. The van der Waals surface area contributed by atoms with E-state index in [1.54, 1.807) is 24.3 Å². The lowest BCUT2D eigenvalue weighted by Crippen LogP contribution is -2.43. The molecule has 0 aliphatic heterocycles. The number of carbonyl (C=O) groups excluding carboxylic acids is 1. The van der Waals surface area contributed by atoms with Crippen LogP contribution in [0, 0.1) is 11.6 Å². The Labute approximate surface area is 143 Å². The monoisotopic (exact) mass is 349 g/mol. The molecule has 0 unspecified atom stereocenters. The van der Waals surface area contributed by atoms with Gasteiger partial charge in [0.25, 0.3) is 0 Å². The maximum atomic E-state index is 13.2. The van der Waals surface area contributed by atoms with E-state index in [0.717, 1.165) is 12.1 Å². The number of amides is 1. The highest BCUT2D eigenvalue weighted by atomic mass is 19.1. The number of ether oxygens (including phenoxy) is 1. The van der Waals surface area contributed by atoms with Crippen molar-refractivity contribution in [1.82, 2.24) is 5.32 Å². The van der Waals surface area contributed by atoms with Crippen molar-refractivity contribution in [3.8, 4) is 5.75 Å². The predicted octanol–water partition coefficient (Wildman–Crippen LogP) is 2.33. The van der Waals surface area contributed by atoms with Crippen molar-refractivity contribution in [2.24, 2.45) is 0 Å². The van der Waals surface area contributed by atoms with Crippen molar-refractivity contribution in [2.75, 3.05) is 7.11 Å². The standard InChI is InChI=1S/C18H17F2NO4/c1-25-15-4-2-3-11(7-15)8-16(18(23)24)21-17(22)9-12-5-13(19)10-14(20)6-12/h2-7,10,16H,8-9H2,1H3,(H,21,22)(H,23,24)/t16-/m1/s1. The van der Waals surface area contributed by atoms with Crippen LogP contribution in [0.4, 0.5) is 8.78 Å². The van der Waals surface area contributed by atoms with Crippen LogP contribution in [-0.4, -0.2) is 30.1 Å². The van der Waals surface area contributed by atoms with Crippen LogP contribution in [0.25, 0.3) is 0 Å². The number of hydrogen-bond acceptors (Lipinski definition) is 3. The third kappa shape index (κ3) is 5.56. The Kier molecular flexibility index (Phi) is 6.05. The van der Waals surface area contributed by atoms with Gasteiger partial charge in [-0.1, -0.05) is 12.1 Å². The van der Waals surface area contributed by atoms with Crippen LogP contribution in [0.15, 0.2) is 42.5 Å². The lowest BCUT2D eigenvalue weighted by atomic mass is 10.0. The third-order valence-electron chi connectivity index (χ3n) is 3.49. The van der Waals surface area contributed by atoms with E-state index in [4.69, 9.17) is 4.74 Å². The van der Waals surface area contributed by atoms with Gasteiger partial charge in [-0.2, -0.15) is 0 Å². The smallest absolute Gasteiger partial charge is 0.326 e. The lowest BCUT2D eigenvalue weighted by molar-refractivity contribution is -0.141. The van der Waals surface area contributed by atoms with Crippen molar-refractivity contribution in [3.63, 3.8) is 0 Å². The highest BCUT2D eigenvalue weighted by molar-refractivity contribution is 5.85. The van der Waals surface area contributed by atoms with Gasteiger partial charge in [0.1, 0.15) is 23.4 Å². The van der Waals surface area contributed by atoms with Crippen molar-refractivity contribution in [2.45, 2.75) is 18.9 Å². The molecule has 0 aliphatic rings. The molecule has 0 fully saturated rings. The number of carboxylic acid groups (broad SMARTS) is 1. The van der Waals surface area contributed by atoms with Crippen molar-refractivity contribution < 1.29 is 28.2 Å². The molecule has 0 radical (unpaired) electrons. The molecule has 2 aromatic rings. The zero-order valence-electron chi connectivity index (χ0n) is 13.5. The lowest BCUT2D eigenvalue weighted by Gasteiger charge is -2.15. The molecule has 0 aliphatic carbocycles. The summed E-state index contributed by atoms with van der Waals surface area (Å²) in [4.78, 5) is 23.4. The molecule has 0 aromatic heterocycles. The average molecular weight is 349 g/mol. The van der Waals surface area contributed by atoms with E-state index >= 15 is 0 Å².